The number of hydrogen-bond donors (Lipinski definition) is 1. The van der Waals surface area contributed by atoms with Crippen LogP contribution in [0.5, 0.6) is 0 Å². The van der Waals surface area contributed by atoms with Crippen molar-refractivity contribution in [1.29, 1.82) is 0 Å². The highest BCUT2D eigenvalue weighted by atomic mass is 35.5. The lowest BCUT2D eigenvalue weighted by molar-refractivity contribution is -0.0307. The Labute approximate surface area is 128 Å². The minimum Gasteiger partial charge on any atom is -0.370 e. The third kappa shape index (κ3) is 2.95. The van der Waals surface area contributed by atoms with Gasteiger partial charge in [0.2, 0.25) is 0 Å². The number of nitrogens with one attached hydrogen (secondary N) is 1. The van der Waals surface area contributed by atoms with Gasteiger partial charge in [-0.05, 0) is 24.6 Å². The third-order valence-electron chi connectivity index (χ3n) is 3.97. The van der Waals surface area contributed by atoms with Crippen molar-refractivity contribution in [3.8, 4) is 0 Å². The molecule has 1 N–H and O–H groups in total. The van der Waals surface area contributed by atoms with E-state index in [9.17, 15) is 4.39 Å². The zero-order valence-corrected chi connectivity index (χ0v) is 12.5. The molecule has 4 heteroatoms. The lowest BCUT2D eigenvalue weighted by atomic mass is 9.90. The number of hydrogen-bond acceptors (Lipinski definition) is 2. The van der Waals surface area contributed by atoms with Gasteiger partial charge in [0.25, 0.3) is 0 Å². The quantitative estimate of drug-likeness (QED) is 0.903. The second kappa shape index (κ2) is 5.76. The predicted molar refractivity (Wildman–Crippen MR) is 81.9 cm³/mol. The molecule has 110 valence electrons. The molecule has 0 radical (unpaired) electrons. The summed E-state index contributed by atoms with van der Waals surface area (Å²) in [5.74, 6) is -0.332. The van der Waals surface area contributed by atoms with Gasteiger partial charge < -0.3 is 10.1 Å². The average molecular weight is 306 g/mol. The summed E-state index contributed by atoms with van der Waals surface area (Å²) < 4.78 is 19.1. The van der Waals surface area contributed by atoms with Gasteiger partial charge in [0.1, 0.15) is 5.82 Å². The van der Waals surface area contributed by atoms with Gasteiger partial charge >= 0.3 is 0 Å². The zero-order valence-electron chi connectivity index (χ0n) is 11.8. The standard InChI is InChI=1S/C17H17ClFNO/c1-17(12-5-3-2-4-6-12)11-21-16(10-20-17)14-8-7-13(19)9-15(14)18/h2-9,16,20H,10-11H2,1H3. The Morgan fingerprint density at radius 2 is 2.00 bits per heavy atom. The van der Waals surface area contributed by atoms with Crippen LogP contribution in [0.25, 0.3) is 0 Å². The van der Waals surface area contributed by atoms with E-state index in [1.165, 1.54) is 17.7 Å². The van der Waals surface area contributed by atoms with Crippen molar-refractivity contribution in [1.82, 2.24) is 5.32 Å². The Kier molecular flexibility index (Phi) is 3.98. The number of benzene rings is 2. The second-order valence-electron chi connectivity index (χ2n) is 5.54. The highest BCUT2D eigenvalue weighted by molar-refractivity contribution is 6.31. The SMILES string of the molecule is CC1(c2ccccc2)COC(c2ccc(F)cc2Cl)CN1. The van der Waals surface area contributed by atoms with Crippen LogP contribution < -0.4 is 5.32 Å². The molecule has 0 spiro atoms. The summed E-state index contributed by atoms with van der Waals surface area (Å²) in [6.07, 6.45) is -0.158. The van der Waals surface area contributed by atoms with Crippen LogP contribution in [-0.4, -0.2) is 13.2 Å². The molecule has 2 aromatic rings. The van der Waals surface area contributed by atoms with E-state index < -0.39 is 0 Å². The maximum Gasteiger partial charge on any atom is 0.124 e. The van der Waals surface area contributed by atoms with Gasteiger partial charge in [-0.25, -0.2) is 4.39 Å². The molecule has 21 heavy (non-hydrogen) atoms. The lowest BCUT2D eigenvalue weighted by Crippen LogP contribution is -2.50. The topological polar surface area (TPSA) is 21.3 Å². The van der Waals surface area contributed by atoms with Crippen LogP contribution in [0.3, 0.4) is 0 Å². The maximum absolute atomic E-state index is 13.1. The predicted octanol–water partition coefficient (Wildman–Crippen LogP) is 4.06. The molecule has 2 atom stereocenters. The van der Waals surface area contributed by atoms with Crippen molar-refractivity contribution < 1.29 is 9.13 Å². The van der Waals surface area contributed by atoms with Gasteiger partial charge in [0, 0.05) is 17.1 Å². The molecular weight excluding hydrogens is 289 g/mol. The molecule has 2 unspecified atom stereocenters. The number of halogens is 2. The van der Waals surface area contributed by atoms with Gasteiger partial charge in [-0.2, -0.15) is 0 Å². The van der Waals surface area contributed by atoms with Gasteiger partial charge in [-0.1, -0.05) is 48.0 Å². The first kappa shape index (κ1) is 14.5. The van der Waals surface area contributed by atoms with Crippen molar-refractivity contribution in [3.63, 3.8) is 0 Å². The Bertz CT molecular complexity index is 624. The van der Waals surface area contributed by atoms with Crippen LogP contribution >= 0.6 is 11.6 Å². The molecule has 0 aliphatic carbocycles. The molecule has 0 aromatic heterocycles. The van der Waals surface area contributed by atoms with E-state index >= 15 is 0 Å². The van der Waals surface area contributed by atoms with Crippen LogP contribution in [0.15, 0.2) is 48.5 Å². The summed E-state index contributed by atoms with van der Waals surface area (Å²) >= 11 is 6.10. The Morgan fingerprint density at radius 3 is 2.62 bits per heavy atom. The molecule has 1 aliphatic rings. The van der Waals surface area contributed by atoms with E-state index in [0.29, 0.717) is 18.2 Å². The van der Waals surface area contributed by atoms with Gasteiger partial charge in [-0.15, -0.1) is 0 Å². The summed E-state index contributed by atoms with van der Waals surface area (Å²) in [5.41, 5.74) is 1.79. The molecule has 0 amide bonds. The summed E-state index contributed by atoms with van der Waals surface area (Å²) in [4.78, 5) is 0. The lowest BCUT2D eigenvalue weighted by Gasteiger charge is -2.39. The summed E-state index contributed by atoms with van der Waals surface area (Å²) in [7, 11) is 0. The summed E-state index contributed by atoms with van der Waals surface area (Å²) in [6.45, 7) is 3.29. The highest BCUT2D eigenvalue weighted by Crippen LogP contribution is 2.33. The normalized spacial score (nSPS) is 25.8. The Balaban J connectivity index is 1.76. The maximum atomic E-state index is 13.1. The van der Waals surface area contributed by atoms with E-state index in [0.717, 1.165) is 5.56 Å². The summed E-state index contributed by atoms with van der Waals surface area (Å²) in [5, 5.41) is 3.93. The Morgan fingerprint density at radius 1 is 1.24 bits per heavy atom. The van der Waals surface area contributed by atoms with Crippen LogP contribution in [0.2, 0.25) is 5.02 Å². The van der Waals surface area contributed by atoms with E-state index in [4.69, 9.17) is 16.3 Å². The first-order chi connectivity index (χ1) is 10.1. The highest BCUT2D eigenvalue weighted by Gasteiger charge is 2.33. The van der Waals surface area contributed by atoms with Crippen LogP contribution in [0.4, 0.5) is 4.39 Å². The smallest absolute Gasteiger partial charge is 0.124 e. The average Bonchev–Trinajstić information content (AvgIpc) is 2.50. The fourth-order valence-electron chi connectivity index (χ4n) is 2.65. The molecule has 0 bridgehead atoms. The molecule has 1 fully saturated rings. The monoisotopic (exact) mass is 305 g/mol. The minimum absolute atomic E-state index is 0.158. The van der Waals surface area contributed by atoms with Gasteiger partial charge in [-0.3, -0.25) is 0 Å². The third-order valence-corrected chi connectivity index (χ3v) is 4.30. The first-order valence-electron chi connectivity index (χ1n) is 6.96. The molecule has 3 rings (SSSR count). The van der Waals surface area contributed by atoms with Crippen molar-refractivity contribution in [2.24, 2.45) is 0 Å². The van der Waals surface area contributed by atoms with E-state index in [-0.39, 0.29) is 17.5 Å². The fraction of sp³-hybridized carbons (Fsp3) is 0.294. The molecule has 2 aromatic carbocycles. The number of rotatable bonds is 2. The largest absolute Gasteiger partial charge is 0.370 e. The molecule has 1 saturated heterocycles. The van der Waals surface area contributed by atoms with Crippen LogP contribution in [0, 0.1) is 5.82 Å². The number of ether oxygens (including phenoxy) is 1. The second-order valence-corrected chi connectivity index (χ2v) is 5.95. The van der Waals surface area contributed by atoms with Crippen molar-refractivity contribution in [2.75, 3.05) is 13.2 Å². The fourth-order valence-corrected chi connectivity index (χ4v) is 2.94. The Hall–Kier alpha value is -1.42. The van der Waals surface area contributed by atoms with Crippen molar-refractivity contribution >= 4 is 11.6 Å². The van der Waals surface area contributed by atoms with Gasteiger partial charge in [0.05, 0.1) is 18.2 Å². The van der Waals surface area contributed by atoms with E-state index in [1.807, 2.05) is 18.2 Å². The molecule has 2 nitrogen and oxygen atoms in total. The van der Waals surface area contributed by atoms with E-state index in [1.54, 1.807) is 6.07 Å². The first-order valence-corrected chi connectivity index (χ1v) is 7.33. The van der Waals surface area contributed by atoms with Gasteiger partial charge in [0.15, 0.2) is 0 Å². The number of morpholine rings is 1. The van der Waals surface area contributed by atoms with Crippen molar-refractivity contribution in [3.05, 3.63) is 70.5 Å². The van der Waals surface area contributed by atoms with Crippen LogP contribution in [0.1, 0.15) is 24.2 Å². The van der Waals surface area contributed by atoms with Crippen LogP contribution in [-0.2, 0) is 10.3 Å². The van der Waals surface area contributed by atoms with E-state index in [2.05, 4.69) is 24.4 Å². The molecule has 0 saturated carbocycles. The zero-order chi connectivity index (χ0) is 14.9. The molecule has 1 aliphatic heterocycles. The van der Waals surface area contributed by atoms with Crippen molar-refractivity contribution in [2.45, 2.75) is 18.6 Å². The minimum atomic E-state index is -0.332. The summed E-state index contributed by atoms with van der Waals surface area (Å²) in [6, 6.07) is 14.6. The molecular formula is C17H17ClFNO. The molecule has 1 heterocycles.